The van der Waals surface area contributed by atoms with Crippen LogP contribution in [0, 0.1) is 0 Å². The molecule has 0 spiro atoms. The van der Waals surface area contributed by atoms with E-state index in [-0.39, 0.29) is 6.10 Å². The van der Waals surface area contributed by atoms with Gasteiger partial charge in [0.2, 0.25) is 0 Å². The van der Waals surface area contributed by atoms with E-state index < -0.39 is 6.83 Å². The second-order valence-corrected chi connectivity index (χ2v) is 13.0. The average Bonchev–Trinajstić information content (AvgIpc) is 2.86. The van der Waals surface area contributed by atoms with Crippen molar-refractivity contribution in [3.63, 3.8) is 0 Å². The van der Waals surface area contributed by atoms with E-state index in [1.54, 1.807) is 0 Å². The second kappa shape index (κ2) is 7.93. The number of rotatable bonds is 5. The first-order valence-corrected chi connectivity index (χ1v) is 13.1. The van der Waals surface area contributed by atoms with Crippen molar-refractivity contribution in [1.29, 1.82) is 0 Å². The summed E-state index contributed by atoms with van der Waals surface area (Å²) in [6, 6.07) is 43.1. The van der Waals surface area contributed by atoms with Crippen LogP contribution in [0.25, 0.3) is 6.08 Å². The van der Waals surface area contributed by atoms with Crippen molar-refractivity contribution < 1.29 is 4.52 Å². The van der Waals surface area contributed by atoms with E-state index in [0.717, 1.165) is 0 Å². The molecule has 4 aromatic rings. The quantitative estimate of drug-likeness (QED) is 0.362. The maximum atomic E-state index is 7.25. The SMILES string of the molecule is C[C@@H]1[C@@H](/C=C/c2ccccc2)OP1(c1ccccc1)(c1ccccc1)c1ccccc1. The summed E-state index contributed by atoms with van der Waals surface area (Å²) in [5.41, 5.74) is 1.52. The van der Waals surface area contributed by atoms with Gasteiger partial charge in [-0.25, -0.2) is 0 Å². The average molecular weight is 423 g/mol. The van der Waals surface area contributed by atoms with Gasteiger partial charge in [-0.05, 0) is 0 Å². The first-order chi connectivity index (χ1) is 15.3. The Bertz CT molecular complexity index is 1070. The molecule has 0 N–H and O–H groups in total. The van der Waals surface area contributed by atoms with Gasteiger partial charge in [0.15, 0.2) is 0 Å². The Kier molecular flexibility index (Phi) is 5.10. The molecule has 1 nitrogen and oxygen atoms in total. The monoisotopic (exact) mass is 422 g/mol. The van der Waals surface area contributed by atoms with Crippen LogP contribution >= 0.6 is 6.83 Å². The Hall–Kier alpha value is -2.99. The minimum absolute atomic E-state index is 0.0542. The molecular weight excluding hydrogens is 395 g/mol. The zero-order valence-corrected chi connectivity index (χ0v) is 18.6. The van der Waals surface area contributed by atoms with E-state index in [1.807, 2.05) is 6.07 Å². The Balaban J connectivity index is 1.71. The normalized spacial score (nSPS) is 22.8. The molecular formula is C29H27OP. The third-order valence-corrected chi connectivity index (χ3v) is 13.2. The van der Waals surface area contributed by atoms with Crippen molar-refractivity contribution in [2.24, 2.45) is 0 Å². The summed E-state index contributed by atoms with van der Waals surface area (Å²) in [6.45, 7) is -0.723. The Morgan fingerprint density at radius 2 is 0.968 bits per heavy atom. The third kappa shape index (κ3) is 2.92. The summed E-state index contributed by atoms with van der Waals surface area (Å²) in [5, 5.41) is 3.88. The molecule has 0 unspecified atom stereocenters. The van der Waals surface area contributed by atoms with Crippen molar-refractivity contribution in [3.8, 4) is 0 Å². The standard InChI is InChI=1S/C29H27OP/c1-24-29(23-22-25-14-6-2-7-15-25)30-31(24,26-16-8-3-9-17-26,27-18-10-4-11-19-27)28-20-12-5-13-21-28/h2-24,29H,1H3/b23-22+/t24-,29-/m1/s1. The zero-order chi connectivity index (χ0) is 21.2. The topological polar surface area (TPSA) is 9.23 Å². The van der Waals surface area contributed by atoms with Gasteiger partial charge in [-0.2, -0.15) is 0 Å². The van der Waals surface area contributed by atoms with Crippen LogP contribution in [0.3, 0.4) is 0 Å². The van der Waals surface area contributed by atoms with Gasteiger partial charge in [0.05, 0.1) is 0 Å². The Morgan fingerprint density at radius 1 is 0.581 bits per heavy atom. The molecule has 0 aliphatic carbocycles. The Labute approximate surface area is 185 Å². The predicted molar refractivity (Wildman–Crippen MR) is 135 cm³/mol. The summed E-state index contributed by atoms with van der Waals surface area (Å²) >= 11 is 0. The molecule has 0 bridgehead atoms. The van der Waals surface area contributed by atoms with E-state index in [9.17, 15) is 0 Å². The van der Waals surface area contributed by atoms with Crippen molar-refractivity contribution in [2.75, 3.05) is 0 Å². The van der Waals surface area contributed by atoms with Crippen molar-refractivity contribution in [3.05, 3.63) is 133 Å². The van der Waals surface area contributed by atoms with Gasteiger partial charge in [0.1, 0.15) is 0 Å². The first kappa shape index (κ1) is 19.9. The summed E-state index contributed by atoms with van der Waals surface area (Å²) < 4.78 is 7.25. The summed E-state index contributed by atoms with van der Waals surface area (Å²) in [7, 11) is 0. The van der Waals surface area contributed by atoms with Gasteiger partial charge in [-0.3, -0.25) is 0 Å². The molecule has 1 fully saturated rings. The first-order valence-electron chi connectivity index (χ1n) is 10.9. The summed E-state index contributed by atoms with van der Waals surface area (Å²) in [6.07, 6.45) is 4.48. The van der Waals surface area contributed by atoms with Crippen LogP contribution in [0.4, 0.5) is 0 Å². The van der Waals surface area contributed by atoms with Crippen LogP contribution in [0.15, 0.2) is 127 Å². The van der Waals surface area contributed by atoms with Gasteiger partial charge in [0.25, 0.3) is 0 Å². The predicted octanol–water partition coefficient (Wildman–Crippen LogP) is 5.93. The van der Waals surface area contributed by atoms with Crippen molar-refractivity contribution >= 4 is 28.8 Å². The van der Waals surface area contributed by atoms with Crippen LogP contribution in [-0.4, -0.2) is 11.8 Å². The fourth-order valence-electron chi connectivity index (χ4n) is 5.13. The zero-order valence-electron chi connectivity index (χ0n) is 17.7. The second-order valence-electron chi connectivity index (χ2n) is 8.19. The van der Waals surface area contributed by atoms with E-state index in [0.29, 0.717) is 5.66 Å². The van der Waals surface area contributed by atoms with E-state index in [1.165, 1.54) is 21.5 Å². The molecule has 0 saturated carbocycles. The van der Waals surface area contributed by atoms with Crippen molar-refractivity contribution in [2.45, 2.75) is 18.7 Å². The molecule has 2 atom stereocenters. The fourth-order valence-corrected chi connectivity index (χ4v) is 11.6. The number of benzene rings is 4. The third-order valence-electron chi connectivity index (χ3n) is 6.68. The van der Waals surface area contributed by atoms with Crippen LogP contribution in [0.5, 0.6) is 0 Å². The minimum atomic E-state index is -3.09. The maximum absolute atomic E-state index is 7.25. The van der Waals surface area contributed by atoms with E-state index in [2.05, 4.69) is 134 Å². The van der Waals surface area contributed by atoms with Gasteiger partial charge >= 0.3 is 185 Å². The van der Waals surface area contributed by atoms with Crippen LogP contribution in [0.1, 0.15) is 12.5 Å². The van der Waals surface area contributed by atoms with Gasteiger partial charge in [-0.15, -0.1) is 0 Å². The fraction of sp³-hybridized carbons (Fsp3) is 0.103. The van der Waals surface area contributed by atoms with Crippen LogP contribution in [-0.2, 0) is 4.52 Å². The Morgan fingerprint density at radius 3 is 1.35 bits per heavy atom. The van der Waals surface area contributed by atoms with Gasteiger partial charge in [0, 0.05) is 0 Å². The number of hydrogen-bond acceptors (Lipinski definition) is 1. The summed E-state index contributed by atoms with van der Waals surface area (Å²) in [5.74, 6) is 0. The van der Waals surface area contributed by atoms with Crippen LogP contribution < -0.4 is 15.9 Å². The molecule has 4 aromatic carbocycles. The molecule has 154 valence electrons. The molecule has 5 rings (SSSR count). The van der Waals surface area contributed by atoms with Gasteiger partial charge < -0.3 is 0 Å². The van der Waals surface area contributed by atoms with E-state index in [4.69, 9.17) is 4.52 Å². The van der Waals surface area contributed by atoms with E-state index >= 15 is 0 Å². The molecule has 1 heterocycles. The summed E-state index contributed by atoms with van der Waals surface area (Å²) in [4.78, 5) is 0. The molecule has 1 aliphatic rings. The van der Waals surface area contributed by atoms with Crippen molar-refractivity contribution in [1.82, 2.24) is 0 Å². The molecule has 0 amide bonds. The molecule has 1 aliphatic heterocycles. The molecule has 2 heteroatoms. The van der Waals surface area contributed by atoms with Crippen LogP contribution in [0.2, 0.25) is 0 Å². The molecule has 31 heavy (non-hydrogen) atoms. The molecule has 0 radical (unpaired) electrons. The molecule has 1 saturated heterocycles. The number of hydrogen-bond donors (Lipinski definition) is 0. The van der Waals surface area contributed by atoms with Gasteiger partial charge in [-0.1, -0.05) is 0 Å². The molecule has 0 aromatic heterocycles.